The lowest BCUT2D eigenvalue weighted by atomic mass is 9.94. The normalized spacial score (nSPS) is 12.6. The van der Waals surface area contributed by atoms with Crippen molar-refractivity contribution in [1.82, 2.24) is 5.32 Å². The van der Waals surface area contributed by atoms with Crippen LogP contribution in [0.1, 0.15) is 32.4 Å². The molecule has 1 amide bonds. The van der Waals surface area contributed by atoms with E-state index < -0.39 is 11.5 Å². The Morgan fingerprint density at radius 3 is 2.29 bits per heavy atom. The highest BCUT2D eigenvalue weighted by Crippen LogP contribution is 2.18. The molecule has 0 heterocycles. The lowest BCUT2D eigenvalue weighted by Gasteiger charge is -2.20. The van der Waals surface area contributed by atoms with Crippen molar-refractivity contribution in [2.24, 2.45) is 5.41 Å². The van der Waals surface area contributed by atoms with Crippen LogP contribution in [0.15, 0.2) is 24.3 Å². The third kappa shape index (κ3) is 3.56. The molecule has 0 aliphatic heterocycles. The van der Waals surface area contributed by atoms with Crippen molar-refractivity contribution in [1.29, 1.82) is 5.26 Å². The van der Waals surface area contributed by atoms with Crippen molar-refractivity contribution in [3.63, 3.8) is 0 Å². The number of hydrogen-bond donors (Lipinski definition) is 1. The molecule has 1 unspecified atom stereocenters. The molecule has 1 atom stereocenters. The number of hydrogen-bond acceptors (Lipinski definition) is 2. The van der Waals surface area contributed by atoms with E-state index in [1.165, 1.54) is 24.3 Å². The minimum Gasteiger partial charge on any atom is -0.336 e. The van der Waals surface area contributed by atoms with Crippen LogP contribution in [-0.4, -0.2) is 5.91 Å². The van der Waals surface area contributed by atoms with Crippen molar-refractivity contribution >= 4 is 5.91 Å². The molecular formula is C13H15FN2O. The Hall–Kier alpha value is -1.89. The zero-order valence-corrected chi connectivity index (χ0v) is 10.1. The summed E-state index contributed by atoms with van der Waals surface area (Å²) in [5, 5.41) is 11.6. The number of carbonyl (C=O) groups excluding carboxylic acids is 1. The fraction of sp³-hybridized carbons (Fsp3) is 0.385. The van der Waals surface area contributed by atoms with Gasteiger partial charge in [0.25, 0.3) is 0 Å². The summed E-state index contributed by atoms with van der Waals surface area (Å²) in [4.78, 5) is 11.7. The zero-order valence-electron chi connectivity index (χ0n) is 10.1. The number of halogens is 1. The summed E-state index contributed by atoms with van der Waals surface area (Å²) in [6.45, 7) is 5.30. The van der Waals surface area contributed by atoms with Crippen LogP contribution in [0.4, 0.5) is 4.39 Å². The molecule has 1 aromatic rings. The molecule has 4 heteroatoms. The van der Waals surface area contributed by atoms with Crippen LogP contribution in [0.5, 0.6) is 0 Å². The van der Waals surface area contributed by atoms with E-state index in [4.69, 9.17) is 5.26 Å². The van der Waals surface area contributed by atoms with Gasteiger partial charge in [0.1, 0.15) is 11.9 Å². The number of nitrogens with zero attached hydrogens (tertiary/aromatic N) is 1. The van der Waals surface area contributed by atoms with Crippen LogP contribution in [-0.2, 0) is 4.79 Å². The fourth-order valence-electron chi connectivity index (χ4n) is 1.19. The molecule has 0 aromatic heterocycles. The highest BCUT2D eigenvalue weighted by Gasteiger charge is 2.24. The maximum absolute atomic E-state index is 12.7. The molecule has 17 heavy (non-hydrogen) atoms. The second kappa shape index (κ2) is 4.96. The lowest BCUT2D eigenvalue weighted by molar-refractivity contribution is -0.128. The summed E-state index contributed by atoms with van der Waals surface area (Å²) in [5.74, 6) is -0.582. The quantitative estimate of drug-likeness (QED) is 0.855. The maximum atomic E-state index is 12.7. The van der Waals surface area contributed by atoms with Gasteiger partial charge in [-0.1, -0.05) is 32.9 Å². The molecule has 1 aromatic carbocycles. The molecule has 90 valence electrons. The summed E-state index contributed by atoms with van der Waals surface area (Å²) >= 11 is 0. The standard InChI is InChI=1S/C13H15FN2O/c1-13(2,3)12(17)16-11(8-15)9-4-6-10(14)7-5-9/h4-7,11H,1-3H3,(H,16,17). The topological polar surface area (TPSA) is 52.9 Å². The van der Waals surface area contributed by atoms with Crippen LogP contribution in [0, 0.1) is 22.6 Å². The molecule has 0 aliphatic rings. The Labute approximate surface area is 100 Å². The number of amides is 1. The molecule has 0 fully saturated rings. The predicted octanol–water partition coefficient (Wildman–Crippen LogP) is 2.55. The van der Waals surface area contributed by atoms with Crippen LogP contribution in [0.2, 0.25) is 0 Å². The van der Waals surface area contributed by atoms with Gasteiger partial charge in [-0.25, -0.2) is 4.39 Å². The van der Waals surface area contributed by atoms with Crippen LogP contribution < -0.4 is 5.32 Å². The Bertz CT molecular complexity index is 440. The van der Waals surface area contributed by atoms with Crippen LogP contribution in [0.3, 0.4) is 0 Å². The third-order valence-electron chi connectivity index (χ3n) is 2.29. The summed E-state index contributed by atoms with van der Waals surface area (Å²) in [6.07, 6.45) is 0. The van der Waals surface area contributed by atoms with Gasteiger partial charge in [0.2, 0.25) is 5.91 Å². The molecule has 0 saturated heterocycles. The molecule has 1 N–H and O–H groups in total. The van der Waals surface area contributed by atoms with Gasteiger partial charge in [-0.3, -0.25) is 4.79 Å². The van der Waals surface area contributed by atoms with E-state index in [9.17, 15) is 9.18 Å². The predicted molar refractivity (Wildman–Crippen MR) is 62.4 cm³/mol. The van der Waals surface area contributed by atoms with E-state index in [-0.39, 0.29) is 11.7 Å². The van der Waals surface area contributed by atoms with Gasteiger partial charge in [-0.15, -0.1) is 0 Å². The summed E-state index contributed by atoms with van der Waals surface area (Å²) in [5.41, 5.74) is 0.0151. The van der Waals surface area contributed by atoms with E-state index in [2.05, 4.69) is 5.32 Å². The van der Waals surface area contributed by atoms with Gasteiger partial charge < -0.3 is 5.32 Å². The minimum absolute atomic E-state index is 0.214. The molecule has 0 spiro atoms. The molecule has 0 radical (unpaired) electrons. The van der Waals surface area contributed by atoms with Crippen LogP contribution in [0.25, 0.3) is 0 Å². The Morgan fingerprint density at radius 1 is 1.35 bits per heavy atom. The van der Waals surface area contributed by atoms with Crippen molar-refractivity contribution in [2.45, 2.75) is 26.8 Å². The van der Waals surface area contributed by atoms with E-state index in [1.807, 2.05) is 6.07 Å². The van der Waals surface area contributed by atoms with E-state index in [1.54, 1.807) is 20.8 Å². The smallest absolute Gasteiger partial charge is 0.226 e. The Morgan fingerprint density at radius 2 is 1.88 bits per heavy atom. The number of benzene rings is 1. The summed E-state index contributed by atoms with van der Waals surface area (Å²) in [7, 11) is 0. The minimum atomic E-state index is -0.748. The van der Waals surface area contributed by atoms with Crippen LogP contribution >= 0.6 is 0 Å². The first-order chi connectivity index (χ1) is 7.84. The highest BCUT2D eigenvalue weighted by atomic mass is 19.1. The number of nitrogens with one attached hydrogen (secondary N) is 1. The first kappa shape index (κ1) is 13.2. The monoisotopic (exact) mass is 234 g/mol. The number of carbonyl (C=O) groups is 1. The Kier molecular flexibility index (Phi) is 3.84. The van der Waals surface area contributed by atoms with Gasteiger partial charge in [0.05, 0.1) is 6.07 Å². The van der Waals surface area contributed by atoms with Gasteiger partial charge in [-0.05, 0) is 17.7 Å². The molecular weight excluding hydrogens is 219 g/mol. The number of rotatable bonds is 2. The maximum Gasteiger partial charge on any atom is 0.226 e. The van der Waals surface area contributed by atoms with E-state index in [0.29, 0.717) is 5.56 Å². The van der Waals surface area contributed by atoms with Crippen molar-refractivity contribution in [2.75, 3.05) is 0 Å². The van der Waals surface area contributed by atoms with Crippen molar-refractivity contribution in [3.8, 4) is 6.07 Å². The largest absolute Gasteiger partial charge is 0.336 e. The van der Waals surface area contributed by atoms with Crippen molar-refractivity contribution < 1.29 is 9.18 Å². The van der Waals surface area contributed by atoms with Gasteiger partial charge in [0.15, 0.2) is 0 Å². The summed E-state index contributed by atoms with van der Waals surface area (Å²) < 4.78 is 12.7. The summed E-state index contributed by atoms with van der Waals surface area (Å²) in [6, 6.07) is 6.76. The van der Waals surface area contributed by atoms with Gasteiger partial charge in [-0.2, -0.15) is 5.26 Å². The van der Waals surface area contributed by atoms with Crippen molar-refractivity contribution in [3.05, 3.63) is 35.6 Å². The Balaban J connectivity index is 2.84. The first-order valence-corrected chi connectivity index (χ1v) is 5.30. The highest BCUT2D eigenvalue weighted by molar-refractivity contribution is 5.82. The lowest BCUT2D eigenvalue weighted by Crippen LogP contribution is -2.36. The third-order valence-corrected chi connectivity index (χ3v) is 2.29. The fourth-order valence-corrected chi connectivity index (χ4v) is 1.19. The zero-order chi connectivity index (χ0) is 13.1. The second-order valence-corrected chi connectivity index (χ2v) is 4.84. The average molecular weight is 234 g/mol. The molecule has 0 aliphatic carbocycles. The SMILES string of the molecule is CC(C)(C)C(=O)NC(C#N)c1ccc(F)cc1. The van der Waals surface area contributed by atoms with Gasteiger partial charge in [0, 0.05) is 5.41 Å². The number of nitriles is 1. The first-order valence-electron chi connectivity index (χ1n) is 5.30. The van der Waals surface area contributed by atoms with E-state index in [0.717, 1.165) is 0 Å². The van der Waals surface area contributed by atoms with E-state index >= 15 is 0 Å². The molecule has 3 nitrogen and oxygen atoms in total. The second-order valence-electron chi connectivity index (χ2n) is 4.84. The van der Waals surface area contributed by atoms with Gasteiger partial charge >= 0.3 is 0 Å². The molecule has 0 saturated carbocycles. The molecule has 0 bridgehead atoms. The molecule has 1 rings (SSSR count). The average Bonchev–Trinajstić information content (AvgIpc) is 2.25.